The Balaban J connectivity index is 0.000000211. The van der Waals surface area contributed by atoms with Gasteiger partial charge in [0.15, 0.2) is 0 Å². The highest BCUT2D eigenvalue weighted by molar-refractivity contribution is 6.32. The molecule has 48 heavy (non-hydrogen) atoms. The summed E-state index contributed by atoms with van der Waals surface area (Å²) in [6.45, 7) is 0. The van der Waals surface area contributed by atoms with E-state index in [0.717, 1.165) is 28.1 Å². The van der Waals surface area contributed by atoms with Crippen LogP contribution in [0.2, 0.25) is 31.3 Å². The molecule has 0 saturated heterocycles. The van der Waals surface area contributed by atoms with Gasteiger partial charge in [-0.2, -0.15) is 0 Å². The lowest BCUT2D eigenvalue weighted by molar-refractivity contribution is 0.220. The van der Waals surface area contributed by atoms with E-state index in [1.54, 1.807) is 18.2 Å². The maximum Gasteiger partial charge on any atom is 0.224 e. The van der Waals surface area contributed by atoms with Gasteiger partial charge in [0, 0.05) is 29.7 Å². The third-order valence-electron chi connectivity index (χ3n) is 7.91. The Morgan fingerprint density at radius 1 is 0.396 bits per heavy atom. The molecule has 240 valence electrons. The summed E-state index contributed by atoms with van der Waals surface area (Å²) in [6.07, 6.45) is 3.78. The Bertz CT molecular complexity index is 1870. The van der Waals surface area contributed by atoms with Crippen molar-refractivity contribution in [3.05, 3.63) is 174 Å². The summed E-state index contributed by atoms with van der Waals surface area (Å²) >= 11 is 36.4. The van der Waals surface area contributed by atoms with E-state index < -0.39 is 0 Å². The molecule has 1 aliphatic carbocycles. The molecular weight excluding hydrogens is 729 g/mol. The van der Waals surface area contributed by atoms with Crippen LogP contribution in [0, 0.1) is 0 Å². The molecule has 12 heteroatoms. The molecule has 3 heterocycles. The van der Waals surface area contributed by atoms with Crippen LogP contribution < -0.4 is 0 Å². The summed E-state index contributed by atoms with van der Waals surface area (Å²) in [5.74, 6) is 0.0848. The largest absolute Gasteiger partial charge is 0.224 e. The molecule has 1 saturated carbocycles. The van der Waals surface area contributed by atoms with Crippen LogP contribution in [0.1, 0.15) is 57.4 Å². The molecule has 6 aromatic rings. The van der Waals surface area contributed by atoms with E-state index >= 15 is 0 Å². The zero-order valence-corrected chi connectivity index (χ0v) is 29.3. The van der Waals surface area contributed by atoms with Crippen molar-refractivity contribution < 1.29 is 0 Å². The highest BCUT2D eigenvalue weighted by atomic mass is 35.5. The number of benzene rings is 3. The van der Waals surface area contributed by atoms with E-state index in [1.807, 2.05) is 78.9 Å². The first-order chi connectivity index (χ1) is 23.2. The fraction of sp³-hybridized carbons (Fsp3) is 0.111. The average molecular weight is 753 g/mol. The number of aromatic nitrogens is 6. The molecular formula is C36H24Cl6N6. The van der Waals surface area contributed by atoms with Gasteiger partial charge < -0.3 is 0 Å². The lowest BCUT2D eigenvalue weighted by Crippen LogP contribution is -2.41. The maximum absolute atomic E-state index is 6.27. The number of nitrogens with zero attached hydrogens (tertiary/aromatic N) is 6. The molecule has 0 atom stereocenters. The molecule has 0 N–H and O–H groups in total. The molecule has 0 amide bonds. The van der Waals surface area contributed by atoms with Crippen LogP contribution >= 0.6 is 69.6 Å². The van der Waals surface area contributed by atoms with Crippen molar-refractivity contribution in [1.82, 2.24) is 29.9 Å². The highest BCUT2D eigenvalue weighted by Gasteiger charge is 2.54. The number of halogens is 6. The third-order valence-corrected chi connectivity index (χ3v) is 9.00. The predicted molar refractivity (Wildman–Crippen MR) is 195 cm³/mol. The van der Waals surface area contributed by atoms with Gasteiger partial charge in [0.05, 0.1) is 17.1 Å². The molecule has 0 radical (unpaired) electrons. The van der Waals surface area contributed by atoms with E-state index in [0.29, 0.717) is 21.2 Å². The van der Waals surface area contributed by atoms with Gasteiger partial charge in [0.2, 0.25) is 15.9 Å². The molecule has 0 spiro atoms. The molecule has 0 bridgehead atoms. The smallest absolute Gasteiger partial charge is 0.223 e. The zero-order valence-electron chi connectivity index (χ0n) is 24.8. The van der Waals surface area contributed by atoms with Crippen molar-refractivity contribution in [3.8, 4) is 0 Å². The van der Waals surface area contributed by atoms with Crippen LogP contribution in [-0.2, 0) is 0 Å². The fourth-order valence-corrected chi connectivity index (χ4v) is 7.33. The van der Waals surface area contributed by atoms with E-state index in [4.69, 9.17) is 69.6 Å². The van der Waals surface area contributed by atoms with Crippen LogP contribution in [0.4, 0.5) is 0 Å². The topological polar surface area (TPSA) is 77.3 Å². The van der Waals surface area contributed by atoms with Gasteiger partial charge in [0.25, 0.3) is 0 Å². The van der Waals surface area contributed by atoms with E-state index in [2.05, 4.69) is 54.2 Å². The van der Waals surface area contributed by atoms with Crippen LogP contribution in [0.25, 0.3) is 12.2 Å². The van der Waals surface area contributed by atoms with Gasteiger partial charge in [-0.25, -0.2) is 29.9 Å². The molecule has 0 aliphatic heterocycles. The van der Waals surface area contributed by atoms with Gasteiger partial charge in [-0.05, 0) is 69.7 Å². The van der Waals surface area contributed by atoms with Gasteiger partial charge in [0.1, 0.15) is 15.5 Å². The quantitative estimate of drug-likeness (QED) is 0.125. The Kier molecular flexibility index (Phi) is 11.2. The molecule has 7 rings (SSSR count). The summed E-state index contributed by atoms with van der Waals surface area (Å²) in [4.78, 5) is 25.0. The minimum absolute atomic E-state index is 0.00434. The SMILES string of the molecule is Clc1cc(/C=C/c2ccccc2)nc(Cl)n1.Clc1cc(C2C(c3ccccc3)C(c3cc(Cl)nc(Cl)n3)C2c2ccccc2)nc(Cl)n1. The normalized spacial score (nSPS) is 18.5. The maximum atomic E-state index is 6.27. The molecule has 1 aliphatic rings. The van der Waals surface area contributed by atoms with Gasteiger partial charge >= 0.3 is 0 Å². The van der Waals surface area contributed by atoms with Crippen molar-refractivity contribution in [3.63, 3.8) is 0 Å². The summed E-state index contributed by atoms with van der Waals surface area (Å²) < 4.78 is 0. The summed E-state index contributed by atoms with van der Waals surface area (Å²) in [5, 5.41) is 1.38. The number of hydrogen-bond donors (Lipinski definition) is 0. The summed E-state index contributed by atoms with van der Waals surface area (Å²) in [6, 6.07) is 35.7. The van der Waals surface area contributed by atoms with E-state index in [1.165, 1.54) is 0 Å². The summed E-state index contributed by atoms with van der Waals surface area (Å²) in [5.41, 5.74) is 5.68. The lowest BCUT2D eigenvalue weighted by atomic mass is 9.50. The second-order valence-electron chi connectivity index (χ2n) is 10.8. The van der Waals surface area contributed by atoms with Gasteiger partial charge in [-0.3, -0.25) is 0 Å². The van der Waals surface area contributed by atoms with E-state index in [9.17, 15) is 0 Å². The molecule has 3 aromatic carbocycles. The Labute approximate surface area is 307 Å². The van der Waals surface area contributed by atoms with Crippen molar-refractivity contribution in [2.24, 2.45) is 0 Å². The van der Waals surface area contributed by atoms with Gasteiger partial charge in [-0.1, -0.05) is 132 Å². The summed E-state index contributed by atoms with van der Waals surface area (Å²) in [7, 11) is 0. The van der Waals surface area contributed by atoms with Crippen molar-refractivity contribution in [2.45, 2.75) is 23.7 Å². The molecule has 1 fully saturated rings. The first-order valence-corrected chi connectivity index (χ1v) is 16.9. The van der Waals surface area contributed by atoms with Crippen LogP contribution in [-0.4, -0.2) is 29.9 Å². The zero-order chi connectivity index (χ0) is 33.6. The molecule has 0 unspecified atom stereocenters. The van der Waals surface area contributed by atoms with Crippen molar-refractivity contribution in [1.29, 1.82) is 0 Å². The van der Waals surface area contributed by atoms with Crippen LogP contribution in [0.5, 0.6) is 0 Å². The second kappa shape index (κ2) is 15.7. The highest BCUT2D eigenvalue weighted by Crippen LogP contribution is 2.66. The molecule has 3 aromatic heterocycles. The van der Waals surface area contributed by atoms with Crippen LogP contribution in [0.15, 0.2) is 109 Å². The standard InChI is InChI=1S/C24H16Cl4N4.C12H8Cl2N2/c25-17-11-15(29-23(27)31-17)21-19(13-7-3-1-4-8-13)22(16-12-18(26)32-24(28)30-16)20(21)14-9-5-2-6-10-14;13-11-8-10(15-12(14)16-11)7-6-9-4-2-1-3-5-9/h1-12,19-22H;1-8H/b;7-6+. The molecule has 6 nitrogen and oxygen atoms in total. The third kappa shape index (κ3) is 8.32. The van der Waals surface area contributed by atoms with E-state index in [-0.39, 0.29) is 39.5 Å². The number of rotatable bonds is 6. The number of hydrogen-bond acceptors (Lipinski definition) is 6. The fourth-order valence-electron chi connectivity index (χ4n) is 6.06. The van der Waals surface area contributed by atoms with Crippen molar-refractivity contribution >= 4 is 81.8 Å². The predicted octanol–water partition coefficient (Wildman–Crippen LogP) is 11.3. The van der Waals surface area contributed by atoms with Gasteiger partial charge in [-0.15, -0.1) is 0 Å². The Morgan fingerprint density at radius 2 is 0.792 bits per heavy atom. The van der Waals surface area contributed by atoms with Crippen LogP contribution in [0.3, 0.4) is 0 Å². The average Bonchev–Trinajstić information content (AvgIpc) is 3.04. The van der Waals surface area contributed by atoms with Crippen molar-refractivity contribution in [2.75, 3.05) is 0 Å². The first kappa shape index (κ1) is 34.3. The Hall–Kier alpha value is -3.62. The Morgan fingerprint density at radius 3 is 1.21 bits per heavy atom. The monoisotopic (exact) mass is 750 g/mol. The second-order valence-corrected chi connectivity index (χ2v) is 13.0. The minimum atomic E-state index is -0.00434. The minimum Gasteiger partial charge on any atom is -0.223 e. The first-order valence-electron chi connectivity index (χ1n) is 14.7. The lowest BCUT2D eigenvalue weighted by Gasteiger charge is -2.52.